The maximum Gasteiger partial charge on any atom is 0.246 e. The third kappa shape index (κ3) is 2.30. The first-order chi connectivity index (χ1) is 10.6. The second-order valence-corrected chi connectivity index (χ2v) is 8.46. The van der Waals surface area contributed by atoms with Crippen molar-refractivity contribution in [2.24, 2.45) is 28.3 Å². The molecular formula is C17H23N3OS. The van der Waals surface area contributed by atoms with Crippen LogP contribution >= 0.6 is 11.3 Å². The van der Waals surface area contributed by atoms with E-state index in [0.717, 1.165) is 53.3 Å². The number of carbonyl (C=O) groups is 1. The van der Waals surface area contributed by atoms with E-state index in [0.29, 0.717) is 0 Å². The van der Waals surface area contributed by atoms with Gasteiger partial charge in [-0.15, -0.1) is 11.3 Å². The van der Waals surface area contributed by atoms with Crippen molar-refractivity contribution in [3.05, 3.63) is 16.1 Å². The van der Waals surface area contributed by atoms with Crippen LogP contribution in [0.15, 0.2) is 10.6 Å². The molecule has 1 aromatic rings. The third-order valence-electron chi connectivity index (χ3n) is 5.92. The van der Waals surface area contributed by atoms with Crippen LogP contribution in [-0.4, -0.2) is 16.6 Å². The molecule has 4 saturated carbocycles. The van der Waals surface area contributed by atoms with Crippen molar-refractivity contribution in [3.8, 4) is 0 Å². The minimum Gasteiger partial charge on any atom is -0.273 e. The monoisotopic (exact) mass is 317 g/mol. The predicted octanol–water partition coefficient (Wildman–Crippen LogP) is 3.51. The Kier molecular flexibility index (Phi) is 3.36. The SMILES string of the molecule is CC(=NNC(=O)C12CC3CC(CC(C3)C1)C2)c1scnc1C. The molecule has 4 fully saturated rings. The zero-order valence-corrected chi connectivity index (χ0v) is 14.1. The highest BCUT2D eigenvalue weighted by Crippen LogP contribution is 2.60. The summed E-state index contributed by atoms with van der Waals surface area (Å²) in [6, 6.07) is 0. The van der Waals surface area contributed by atoms with Gasteiger partial charge in [0.05, 0.1) is 27.2 Å². The summed E-state index contributed by atoms with van der Waals surface area (Å²) in [5.74, 6) is 2.51. The van der Waals surface area contributed by atoms with Gasteiger partial charge in [0.2, 0.25) is 5.91 Å². The van der Waals surface area contributed by atoms with Gasteiger partial charge in [0.1, 0.15) is 0 Å². The van der Waals surface area contributed by atoms with Gasteiger partial charge in [-0.05, 0) is 70.1 Å². The number of thiazole rings is 1. The van der Waals surface area contributed by atoms with Gasteiger partial charge in [-0.1, -0.05) is 0 Å². The normalized spacial score (nSPS) is 36.6. The van der Waals surface area contributed by atoms with E-state index in [1.165, 1.54) is 19.3 Å². The average molecular weight is 317 g/mol. The molecule has 0 aliphatic heterocycles. The third-order valence-corrected chi connectivity index (χ3v) is 6.96. The Hall–Kier alpha value is -1.23. The van der Waals surface area contributed by atoms with E-state index < -0.39 is 0 Å². The number of aryl methyl sites for hydroxylation is 1. The molecule has 5 rings (SSSR count). The van der Waals surface area contributed by atoms with Crippen LogP contribution in [0.1, 0.15) is 56.0 Å². The largest absolute Gasteiger partial charge is 0.273 e. The molecule has 22 heavy (non-hydrogen) atoms. The highest BCUT2D eigenvalue weighted by atomic mass is 32.1. The molecule has 4 nitrogen and oxygen atoms in total. The molecule has 5 heteroatoms. The van der Waals surface area contributed by atoms with Crippen LogP contribution in [0, 0.1) is 30.1 Å². The molecule has 0 spiro atoms. The highest BCUT2D eigenvalue weighted by molar-refractivity contribution is 7.12. The van der Waals surface area contributed by atoms with E-state index in [2.05, 4.69) is 15.5 Å². The summed E-state index contributed by atoms with van der Waals surface area (Å²) in [4.78, 5) is 18.1. The number of hydrogen-bond donors (Lipinski definition) is 1. The number of aromatic nitrogens is 1. The Morgan fingerprint density at radius 1 is 1.27 bits per heavy atom. The van der Waals surface area contributed by atoms with Crippen molar-refractivity contribution in [3.63, 3.8) is 0 Å². The summed E-state index contributed by atoms with van der Waals surface area (Å²) in [6.07, 6.45) is 7.32. The first kappa shape index (κ1) is 14.4. The summed E-state index contributed by atoms with van der Waals surface area (Å²) >= 11 is 1.58. The first-order valence-electron chi connectivity index (χ1n) is 8.31. The molecule has 4 aliphatic carbocycles. The van der Waals surface area contributed by atoms with Gasteiger partial charge >= 0.3 is 0 Å². The van der Waals surface area contributed by atoms with Crippen molar-refractivity contribution in [1.29, 1.82) is 0 Å². The molecule has 0 atom stereocenters. The van der Waals surface area contributed by atoms with Crippen LogP contribution in [-0.2, 0) is 4.79 Å². The number of amides is 1. The molecule has 4 bridgehead atoms. The fraction of sp³-hybridized carbons (Fsp3) is 0.706. The molecule has 1 N–H and O–H groups in total. The van der Waals surface area contributed by atoms with Gasteiger partial charge in [-0.2, -0.15) is 5.10 Å². The van der Waals surface area contributed by atoms with E-state index in [-0.39, 0.29) is 11.3 Å². The van der Waals surface area contributed by atoms with E-state index in [4.69, 9.17) is 0 Å². The van der Waals surface area contributed by atoms with Gasteiger partial charge < -0.3 is 0 Å². The molecule has 1 aromatic heterocycles. The summed E-state index contributed by atoms with van der Waals surface area (Å²) in [5, 5.41) is 4.37. The van der Waals surface area contributed by atoms with Gasteiger partial charge in [0, 0.05) is 0 Å². The maximum atomic E-state index is 12.8. The van der Waals surface area contributed by atoms with Gasteiger partial charge in [0.15, 0.2) is 0 Å². The smallest absolute Gasteiger partial charge is 0.246 e. The van der Waals surface area contributed by atoms with Crippen LogP contribution in [0.25, 0.3) is 0 Å². The van der Waals surface area contributed by atoms with Crippen molar-refractivity contribution in [1.82, 2.24) is 10.4 Å². The number of rotatable bonds is 3. The zero-order chi connectivity index (χ0) is 15.3. The minimum atomic E-state index is -0.124. The molecule has 1 heterocycles. The topological polar surface area (TPSA) is 54.4 Å². The average Bonchev–Trinajstić information content (AvgIpc) is 2.89. The summed E-state index contributed by atoms with van der Waals surface area (Å²) in [7, 11) is 0. The zero-order valence-electron chi connectivity index (χ0n) is 13.3. The summed E-state index contributed by atoms with van der Waals surface area (Å²) in [6.45, 7) is 3.92. The van der Waals surface area contributed by atoms with Crippen molar-refractivity contribution < 1.29 is 4.79 Å². The quantitative estimate of drug-likeness (QED) is 0.685. The number of nitrogens with zero attached hydrogens (tertiary/aromatic N) is 2. The predicted molar refractivity (Wildman–Crippen MR) is 87.8 cm³/mol. The Morgan fingerprint density at radius 3 is 2.36 bits per heavy atom. The number of nitrogens with one attached hydrogen (secondary N) is 1. The van der Waals surface area contributed by atoms with Crippen molar-refractivity contribution in [2.75, 3.05) is 0 Å². The number of hydrogen-bond acceptors (Lipinski definition) is 4. The Balaban J connectivity index is 1.50. The lowest BCUT2D eigenvalue weighted by Crippen LogP contribution is -2.52. The molecule has 4 aliphatic rings. The molecule has 0 aromatic carbocycles. The Bertz CT molecular complexity index is 598. The fourth-order valence-corrected chi connectivity index (χ4v) is 6.10. The second-order valence-electron chi connectivity index (χ2n) is 7.60. The lowest BCUT2D eigenvalue weighted by molar-refractivity contribution is -0.146. The second kappa shape index (κ2) is 5.15. The van der Waals surface area contributed by atoms with E-state index in [1.54, 1.807) is 11.3 Å². The van der Waals surface area contributed by atoms with Crippen LogP contribution in [0.2, 0.25) is 0 Å². The molecule has 118 valence electrons. The van der Waals surface area contributed by atoms with Crippen LogP contribution in [0.5, 0.6) is 0 Å². The number of carbonyl (C=O) groups excluding carboxylic acids is 1. The van der Waals surface area contributed by atoms with Gasteiger partial charge in [-0.25, -0.2) is 10.4 Å². The summed E-state index contributed by atoms with van der Waals surface area (Å²) in [5.41, 5.74) is 6.42. The lowest BCUT2D eigenvalue weighted by Gasteiger charge is -2.55. The molecular weight excluding hydrogens is 294 g/mol. The standard InChI is InChI=1S/C17H23N3OS/c1-10-15(22-9-18-10)11(2)19-20-16(21)17-6-12-3-13(7-17)5-14(4-12)8-17/h9,12-14H,3-8H2,1-2H3,(H,20,21). The Morgan fingerprint density at radius 2 is 1.86 bits per heavy atom. The first-order valence-corrected chi connectivity index (χ1v) is 9.19. The minimum absolute atomic E-state index is 0.124. The van der Waals surface area contributed by atoms with Gasteiger partial charge in [-0.3, -0.25) is 4.79 Å². The lowest BCUT2D eigenvalue weighted by atomic mass is 9.49. The summed E-state index contributed by atoms with van der Waals surface area (Å²) < 4.78 is 0. The number of hydrazone groups is 1. The van der Waals surface area contributed by atoms with Crippen molar-refractivity contribution in [2.45, 2.75) is 52.4 Å². The van der Waals surface area contributed by atoms with Crippen molar-refractivity contribution >= 4 is 23.0 Å². The highest BCUT2D eigenvalue weighted by Gasteiger charge is 2.54. The molecule has 0 radical (unpaired) electrons. The van der Waals surface area contributed by atoms with Crippen LogP contribution in [0.4, 0.5) is 0 Å². The van der Waals surface area contributed by atoms with E-state index in [9.17, 15) is 4.79 Å². The molecule has 0 unspecified atom stereocenters. The Labute approximate surface area is 135 Å². The van der Waals surface area contributed by atoms with Gasteiger partial charge in [0.25, 0.3) is 0 Å². The van der Waals surface area contributed by atoms with Crippen LogP contribution < -0.4 is 5.43 Å². The maximum absolute atomic E-state index is 12.8. The fourth-order valence-electron chi connectivity index (χ4n) is 5.34. The van der Waals surface area contributed by atoms with E-state index >= 15 is 0 Å². The molecule has 0 saturated heterocycles. The van der Waals surface area contributed by atoms with Crippen LogP contribution in [0.3, 0.4) is 0 Å². The molecule has 1 amide bonds. The van der Waals surface area contributed by atoms with E-state index in [1.807, 2.05) is 19.4 Å².